The van der Waals surface area contributed by atoms with Gasteiger partial charge >= 0.3 is 5.97 Å². The Hall–Kier alpha value is -3.34. The van der Waals surface area contributed by atoms with Crippen molar-refractivity contribution < 1.29 is 18.7 Å². The van der Waals surface area contributed by atoms with Crippen LogP contribution >= 0.6 is 0 Å². The van der Waals surface area contributed by atoms with Gasteiger partial charge in [-0.1, -0.05) is 48.5 Å². The molecule has 1 heterocycles. The molecule has 0 spiro atoms. The minimum atomic E-state index is -0.562. The number of furan rings is 1. The predicted molar refractivity (Wildman–Crippen MR) is 104 cm³/mol. The molecule has 5 heteroatoms. The third kappa shape index (κ3) is 4.08. The second kappa shape index (κ2) is 7.91. The molecule has 1 amide bonds. The molecule has 0 aliphatic heterocycles. The summed E-state index contributed by atoms with van der Waals surface area (Å²) in [5.41, 5.74) is 3.66. The quantitative estimate of drug-likeness (QED) is 0.669. The number of para-hydroxylation sites is 1. The second-order valence-electron chi connectivity index (χ2n) is 6.25. The Morgan fingerprint density at radius 2 is 1.59 bits per heavy atom. The van der Waals surface area contributed by atoms with E-state index in [2.05, 4.69) is 5.32 Å². The molecule has 3 aromatic rings. The van der Waals surface area contributed by atoms with E-state index in [1.807, 2.05) is 54.6 Å². The summed E-state index contributed by atoms with van der Waals surface area (Å²) in [6, 6.07) is 17.2. The van der Waals surface area contributed by atoms with E-state index in [1.165, 1.54) is 0 Å². The first-order valence-electron chi connectivity index (χ1n) is 8.65. The van der Waals surface area contributed by atoms with Crippen LogP contribution in [0.2, 0.25) is 0 Å². The van der Waals surface area contributed by atoms with Crippen LogP contribution in [0.1, 0.15) is 27.4 Å². The highest BCUT2D eigenvalue weighted by Crippen LogP contribution is 2.27. The van der Waals surface area contributed by atoms with Crippen LogP contribution in [0.4, 0.5) is 5.69 Å². The number of aryl methyl sites for hydroxylation is 2. The molecule has 138 valence electrons. The van der Waals surface area contributed by atoms with Crippen molar-refractivity contribution in [3.05, 3.63) is 77.2 Å². The van der Waals surface area contributed by atoms with Crippen LogP contribution in [0.5, 0.6) is 0 Å². The summed E-state index contributed by atoms with van der Waals surface area (Å²) in [7, 11) is 0. The zero-order valence-electron chi connectivity index (χ0n) is 15.5. The van der Waals surface area contributed by atoms with Gasteiger partial charge in [-0.15, -0.1) is 0 Å². The Morgan fingerprint density at radius 1 is 0.926 bits per heavy atom. The van der Waals surface area contributed by atoms with Gasteiger partial charge in [-0.2, -0.15) is 0 Å². The highest BCUT2D eigenvalue weighted by Gasteiger charge is 2.21. The van der Waals surface area contributed by atoms with Crippen molar-refractivity contribution in [3.63, 3.8) is 0 Å². The van der Waals surface area contributed by atoms with Crippen LogP contribution in [0, 0.1) is 20.8 Å². The molecule has 0 fully saturated rings. The normalized spacial score (nSPS) is 10.5. The zero-order chi connectivity index (χ0) is 19.4. The molecule has 1 N–H and O–H groups in total. The van der Waals surface area contributed by atoms with Crippen molar-refractivity contribution in [2.24, 2.45) is 0 Å². The van der Waals surface area contributed by atoms with Gasteiger partial charge in [0.25, 0.3) is 5.91 Å². The van der Waals surface area contributed by atoms with Crippen LogP contribution in [-0.4, -0.2) is 18.5 Å². The van der Waals surface area contributed by atoms with Gasteiger partial charge in [0, 0.05) is 16.8 Å². The van der Waals surface area contributed by atoms with Gasteiger partial charge in [-0.25, -0.2) is 4.79 Å². The van der Waals surface area contributed by atoms with E-state index >= 15 is 0 Å². The Labute approximate surface area is 158 Å². The number of ether oxygens (including phenoxy) is 1. The molecule has 0 unspecified atom stereocenters. The molecule has 0 aliphatic carbocycles. The minimum absolute atomic E-state index is 0.370. The number of anilines is 1. The molecule has 0 saturated heterocycles. The number of carbonyl (C=O) groups is 2. The third-order valence-corrected chi connectivity index (χ3v) is 4.39. The molecule has 1 aromatic heterocycles. The Morgan fingerprint density at radius 3 is 2.26 bits per heavy atom. The maximum absolute atomic E-state index is 12.3. The van der Waals surface area contributed by atoms with Gasteiger partial charge in [-0.3, -0.25) is 4.79 Å². The highest BCUT2D eigenvalue weighted by atomic mass is 16.5. The Balaban J connectivity index is 1.68. The van der Waals surface area contributed by atoms with Crippen LogP contribution < -0.4 is 5.32 Å². The summed E-state index contributed by atoms with van der Waals surface area (Å²) in [6.07, 6.45) is 0. The van der Waals surface area contributed by atoms with Gasteiger partial charge in [0.2, 0.25) is 0 Å². The van der Waals surface area contributed by atoms with Crippen LogP contribution in [0.15, 0.2) is 59.0 Å². The number of benzene rings is 2. The van der Waals surface area contributed by atoms with E-state index in [0.717, 1.165) is 16.7 Å². The van der Waals surface area contributed by atoms with Crippen molar-refractivity contribution in [2.45, 2.75) is 20.8 Å². The van der Waals surface area contributed by atoms with Gasteiger partial charge in [0.15, 0.2) is 6.61 Å². The summed E-state index contributed by atoms with van der Waals surface area (Å²) < 4.78 is 10.6. The molecule has 27 heavy (non-hydrogen) atoms. The molecular formula is C22H21NO4. The van der Waals surface area contributed by atoms with E-state index in [0.29, 0.717) is 22.8 Å². The lowest BCUT2D eigenvalue weighted by Crippen LogP contribution is -2.21. The average molecular weight is 363 g/mol. The van der Waals surface area contributed by atoms with Crippen molar-refractivity contribution in [1.29, 1.82) is 0 Å². The van der Waals surface area contributed by atoms with E-state index < -0.39 is 11.9 Å². The van der Waals surface area contributed by atoms with Crippen LogP contribution in [0.25, 0.3) is 11.1 Å². The zero-order valence-corrected chi connectivity index (χ0v) is 15.5. The van der Waals surface area contributed by atoms with Crippen LogP contribution in [0.3, 0.4) is 0 Å². The fraction of sp³-hybridized carbons (Fsp3) is 0.182. The van der Waals surface area contributed by atoms with Gasteiger partial charge in [0.05, 0.1) is 0 Å². The number of hydrogen-bond donors (Lipinski definition) is 1. The summed E-state index contributed by atoms with van der Waals surface area (Å²) in [5, 5.41) is 2.81. The first-order chi connectivity index (χ1) is 13.0. The molecule has 5 nitrogen and oxygen atoms in total. The molecule has 0 saturated carbocycles. The molecule has 0 aliphatic rings. The molecule has 2 aromatic carbocycles. The molecule has 3 rings (SSSR count). The lowest BCUT2D eigenvalue weighted by molar-refractivity contribution is -0.119. The topological polar surface area (TPSA) is 68.5 Å². The van der Waals surface area contributed by atoms with Crippen molar-refractivity contribution in [3.8, 4) is 11.1 Å². The number of esters is 1. The predicted octanol–water partition coefficient (Wildman–Crippen LogP) is 4.67. The van der Waals surface area contributed by atoms with Gasteiger partial charge < -0.3 is 14.5 Å². The van der Waals surface area contributed by atoms with E-state index in [1.54, 1.807) is 20.8 Å². The second-order valence-corrected chi connectivity index (χ2v) is 6.25. The monoisotopic (exact) mass is 363 g/mol. The van der Waals surface area contributed by atoms with Crippen molar-refractivity contribution >= 4 is 17.6 Å². The van der Waals surface area contributed by atoms with Gasteiger partial charge in [-0.05, 0) is 32.4 Å². The summed E-state index contributed by atoms with van der Waals surface area (Å²) in [5.74, 6) is 0.195. The maximum Gasteiger partial charge on any atom is 0.342 e. The number of nitrogens with one attached hydrogen (secondary N) is 1. The summed E-state index contributed by atoms with van der Waals surface area (Å²) in [4.78, 5) is 24.6. The van der Waals surface area contributed by atoms with Gasteiger partial charge in [0.1, 0.15) is 17.1 Å². The number of amides is 1. The highest BCUT2D eigenvalue weighted by molar-refractivity contribution is 5.98. The maximum atomic E-state index is 12.3. The van der Waals surface area contributed by atoms with E-state index in [4.69, 9.17) is 9.15 Å². The van der Waals surface area contributed by atoms with Crippen LogP contribution in [-0.2, 0) is 9.53 Å². The van der Waals surface area contributed by atoms with Crippen molar-refractivity contribution in [1.82, 2.24) is 0 Å². The van der Waals surface area contributed by atoms with E-state index in [9.17, 15) is 9.59 Å². The summed E-state index contributed by atoms with van der Waals surface area (Å²) >= 11 is 0. The largest absolute Gasteiger partial charge is 0.465 e. The van der Waals surface area contributed by atoms with Crippen molar-refractivity contribution in [2.75, 3.05) is 11.9 Å². The smallest absolute Gasteiger partial charge is 0.342 e. The lowest BCUT2D eigenvalue weighted by atomic mass is 10.0. The lowest BCUT2D eigenvalue weighted by Gasteiger charge is -2.11. The SMILES string of the molecule is Cc1oc(C)c(C(=O)OCC(=O)Nc2ccccc2-c2ccccc2)c1C. The first-order valence-corrected chi connectivity index (χ1v) is 8.65. The standard InChI is InChI=1S/C22H21NO4/c1-14-15(2)27-16(3)21(14)22(25)26-13-20(24)23-19-12-8-7-11-18(19)17-9-5-4-6-10-17/h4-12H,13H2,1-3H3,(H,23,24). The Bertz CT molecular complexity index is 973. The fourth-order valence-corrected chi connectivity index (χ4v) is 2.95. The average Bonchev–Trinajstić information content (AvgIpc) is 2.93. The Kier molecular flexibility index (Phi) is 5.41. The number of hydrogen-bond acceptors (Lipinski definition) is 4. The third-order valence-electron chi connectivity index (χ3n) is 4.39. The summed E-state index contributed by atoms with van der Waals surface area (Å²) in [6.45, 7) is 4.91. The fourth-order valence-electron chi connectivity index (χ4n) is 2.95. The first kappa shape index (κ1) is 18.5. The molecular weight excluding hydrogens is 342 g/mol. The number of carbonyl (C=O) groups excluding carboxylic acids is 2. The molecule has 0 bridgehead atoms. The van der Waals surface area contributed by atoms with E-state index in [-0.39, 0.29) is 6.61 Å². The minimum Gasteiger partial charge on any atom is -0.465 e. The molecule has 0 radical (unpaired) electrons. The number of rotatable bonds is 5. The molecule has 0 atom stereocenters.